The zero-order chi connectivity index (χ0) is 15.6. The van der Waals surface area contributed by atoms with Crippen molar-refractivity contribution in [1.29, 1.82) is 0 Å². The summed E-state index contributed by atoms with van der Waals surface area (Å²) >= 11 is 1.91. The Morgan fingerprint density at radius 3 is 2.71 bits per heavy atom. The molecule has 1 atom stereocenters. The minimum Gasteiger partial charge on any atom is -0.369 e. The van der Waals surface area contributed by atoms with Crippen LogP contribution < -0.4 is 5.73 Å². The lowest BCUT2D eigenvalue weighted by Gasteiger charge is -2.31. The smallest absolute Gasteiger partial charge is 0.270 e. The number of hydrogen-bond donors (Lipinski definition) is 1. The van der Waals surface area contributed by atoms with Gasteiger partial charge in [-0.25, -0.2) is 0 Å². The van der Waals surface area contributed by atoms with Crippen LogP contribution in [0.15, 0.2) is 18.2 Å². The molecule has 112 valence electrons. The van der Waals surface area contributed by atoms with Gasteiger partial charge in [0.2, 0.25) is 5.91 Å². The highest BCUT2D eigenvalue weighted by Crippen LogP contribution is 2.23. The number of non-ortho nitro benzene ring substituents is 1. The lowest BCUT2D eigenvalue weighted by molar-refractivity contribution is -0.384. The Hall–Kier alpha value is -1.71. The van der Waals surface area contributed by atoms with E-state index < -0.39 is 10.8 Å². The van der Waals surface area contributed by atoms with Crippen LogP contribution in [0.3, 0.4) is 0 Å². The average Bonchev–Trinajstić information content (AvgIpc) is 2.46. The van der Waals surface area contributed by atoms with Crippen LogP contribution in [0.4, 0.5) is 5.69 Å². The van der Waals surface area contributed by atoms with E-state index in [2.05, 4.69) is 0 Å². The third kappa shape index (κ3) is 3.49. The maximum atomic E-state index is 12.5. The van der Waals surface area contributed by atoms with Crippen LogP contribution in [-0.4, -0.2) is 34.7 Å². The number of likely N-dealkylation sites (tertiary alicyclic amines) is 1. The highest BCUT2D eigenvalue weighted by Gasteiger charge is 2.28. The fourth-order valence-electron chi connectivity index (χ4n) is 2.36. The second-order valence-electron chi connectivity index (χ2n) is 4.91. The Morgan fingerprint density at radius 2 is 2.14 bits per heavy atom. The zero-order valence-electron chi connectivity index (χ0n) is 11.1. The molecule has 1 saturated heterocycles. The molecule has 0 bridgehead atoms. The highest BCUT2D eigenvalue weighted by atomic mass is 127. The van der Waals surface area contributed by atoms with E-state index in [-0.39, 0.29) is 17.5 Å². The summed E-state index contributed by atoms with van der Waals surface area (Å²) in [6.45, 7) is 0.872. The van der Waals surface area contributed by atoms with Crippen LogP contribution >= 0.6 is 22.6 Å². The van der Waals surface area contributed by atoms with Gasteiger partial charge in [0.15, 0.2) is 0 Å². The van der Waals surface area contributed by atoms with Crippen molar-refractivity contribution in [2.24, 2.45) is 11.7 Å². The first-order valence-electron chi connectivity index (χ1n) is 6.42. The first-order valence-corrected chi connectivity index (χ1v) is 7.50. The summed E-state index contributed by atoms with van der Waals surface area (Å²) in [6, 6.07) is 4.13. The molecule has 2 rings (SSSR count). The van der Waals surface area contributed by atoms with Gasteiger partial charge in [0.25, 0.3) is 11.6 Å². The summed E-state index contributed by atoms with van der Waals surface area (Å²) < 4.78 is 0.521. The Kier molecular flexibility index (Phi) is 4.76. The van der Waals surface area contributed by atoms with Gasteiger partial charge >= 0.3 is 0 Å². The standard InChI is InChI=1S/C13H14IN3O4/c14-11-6-9(17(20)21)3-4-10(11)13(19)16-5-1-2-8(7-16)12(15)18/h3-4,6,8H,1-2,5,7H2,(H2,15,18). The SMILES string of the molecule is NC(=O)C1CCCN(C(=O)c2ccc([N+](=O)[O-])cc2I)C1. The number of amides is 2. The summed E-state index contributed by atoms with van der Waals surface area (Å²) in [6.07, 6.45) is 1.42. The molecule has 1 unspecified atom stereocenters. The summed E-state index contributed by atoms with van der Waals surface area (Å²) in [5, 5.41) is 10.7. The highest BCUT2D eigenvalue weighted by molar-refractivity contribution is 14.1. The fourth-order valence-corrected chi connectivity index (χ4v) is 3.08. The number of nitro benzene ring substituents is 1. The number of benzene rings is 1. The monoisotopic (exact) mass is 403 g/mol. The first-order chi connectivity index (χ1) is 9.90. The number of hydrogen-bond acceptors (Lipinski definition) is 4. The quantitative estimate of drug-likeness (QED) is 0.469. The molecule has 2 amide bonds. The van der Waals surface area contributed by atoms with E-state index in [9.17, 15) is 19.7 Å². The molecular formula is C13H14IN3O4. The number of carbonyl (C=O) groups is 2. The number of carbonyl (C=O) groups excluding carboxylic acids is 2. The van der Waals surface area contributed by atoms with Crippen molar-refractivity contribution in [3.8, 4) is 0 Å². The van der Waals surface area contributed by atoms with Gasteiger partial charge < -0.3 is 10.6 Å². The van der Waals surface area contributed by atoms with E-state index in [1.54, 1.807) is 4.90 Å². The summed E-state index contributed by atoms with van der Waals surface area (Å²) in [4.78, 5) is 35.5. The lowest BCUT2D eigenvalue weighted by Crippen LogP contribution is -2.44. The van der Waals surface area contributed by atoms with E-state index in [1.165, 1.54) is 18.2 Å². The minimum absolute atomic E-state index is 0.0513. The first kappa shape index (κ1) is 15.7. The second-order valence-corrected chi connectivity index (χ2v) is 6.08. The molecule has 8 heteroatoms. The molecule has 0 aliphatic carbocycles. The van der Waals surface area contributed by atoms with Gasteiger partial charge in [-0.15, -0.1) is 0 Å². The second kappa shape index (κ2) is 6.37. The largest absolute Gasteiger partial charge is 0.369 e. The molecule has 1 fully saturated rings. The van der Waals surface area contributed by atoms with Crippen molar-refractivity contribution in [2.45, 2.75) is 12.8 Å². The number of halogens is 1. The number of piperidine rings is 1. The fraction of sp³-hybridized carbons (Fsp3) is 0.385. The molecule has 1 aliphatic heterocycles. The molecule has 21 heavy (non-hydrogen) atoms. The molecule has 7 nitrogen and oxygen atoms in total. The molecule has 0 aromatic heterocycles. The Morgan fingerprint density at radius 1 is 1.43 bits per heavy atom. The van der Waals surface area contributed by atoms with Crippen LogP contribution in [0, 0.1) is 19.6 Å². The van der Waals surface area contributed by atoms with Crippen LogP contribution in [0.1, 0.15) is 23.2 Å². The van der Waals surface area contributed by atoms with E-state index in [1.807, 2.05) is 22.6 Å². The van der Waals surface area contributed by atoms with E-state index in [4.69, 9.17) is 5.73 Å². The predicted molar refractivity (Wildman–Crippen MR) is 83.6 cm³/mol. The van der Waals surface area contributed by atoms with Crippen LogP contribution in [0.25, 0.3) is 0 Å². The molecule has 0 spiro atoms. The van der Waals surface area contributed by atoms with E-state index in [0.717, 1.165) is 6.42 Å². The van der Waals surface area contributed by atoms with Gasteiger partial charge in [-0.05, 0) is 41.5 Å². The Labute approximate surface area is 134 Å². The van der Waals surface area contributed by atoms with Gasteiger partial charge in [-0.1, -0.05) is 0 Å². The van der Waals surface area contributed by atoms with Crippen molar-refractivity contribution in [3.05, 3.63) is 37.4 Å². The minimum atomic E-state index is -0.500. The zero-order valence-corrected chi connectivity index (χ0v) is 13.3. The predicted octanol–water partition coefficient (Wildman–Crippen LogP) is 1.54. The normalized spacial score (nSPS) is 18.3. The molecule has 1 heterocycles. The lowest BCUT2D eigenvalue weighted by atomic mass is 9.97. The van der Waals surface area contributed by atoms with Gasteiger partial charge in [0, 0.05) is 28.8 Å². The van der Waals surface area contributed by atoms with Crippen molar-refractivity contribution in [1.82, 2.24) is 4.90 Å². The van der Waals surface area contributed by atoms with E-state index in [0.29, 0.717) is 28.6 Å². The van der Waals surface area contributed by atoms with E-state index >= 15 is 0 Å². The maximum Gasteiger partial charge on any atom is 0.270 e. The van der Waals surface area contributed by atoms with Gasteiger partial charge in [-0.2, -0.15) is 0 Å². The van der Waals surface area contributed by atoms with Gasteiger partial charge in [0.1, 0.15) is 0 Å². The van der Waals surface area contributed by atoms with Crippen LogP contribution in [0.2, 0.25) is 0 Å². The summed E-state index contributed by atoms with van der Waals surface area (Å²) in [5.41, 5.74) is 5.66. The number of nitrogens with zero attached hydrogens (tertiary/aromatic N) is 2. The number of nitrogens with two attached hydrogens (primary N) is 1. The summed E-state index contributed by atoms with van der Waals surface area (Å²) in [5.74, 6) is -0.940. The van der Waals surface area contributed by atoms with Crippen LogP contribution in [0.5, 0.6) is 0 Å². The third-order valence-electron chi connectivity index (χ3n) is 3.50. The number of primary amides is 1. The molecule has 0 saturated carbocycles. The molecule has 1 aliphatic rings. The average molecular weight is 403 g/mol. The van der Waals surface area contributed by atoms with Crippen molar-refractivity contribution in [3.63, 3.8) is 0 Å². The van der Waals surface area contributed by atoms with Crippen molar-refractivity contribution >= 4 is 40.1 Å². The van der Waals surface area contributed by atoms with Crippen molar-refractivity contribution in [2.75, 3.05) is 13.1 Å². The Balaban J connectivity index is 2.20. The summed E-state index contributed by atoms with van der Waals surface area (Å²) in [7, 11) is 0. The topological polar surface area (TPSA) is 107 Å². The maximum absolute atomic E-state index is 12.5. The number of nitro groups is 1. The van der Waals surface area contributed by atoms with Crippen molar-refractivity contribution < 1.29 is 14.5 Å². The molecule has 2 N–H and O–H groups in total. The third-order valence-corrected chi connectivity index (χ3v) is 4.40. The molecule has 1 aromatic carbocycles. The van der Waals surface area contributed by atoms with Gasteiger partial charge in [-0.3, -0.25) is 19.7 Å². The molecule has 1 aromatic rings. The number of rotatable bonds is 3. The molecule has 0 radical (unpaired) electrons. The van der Waals surface area contributed by atoms with Gasteiger partial charge in [0.05, 0.1) is 16.4 Å². The Bertz CT molecular complexity index is 605. The molecular weight excluding hydrogens is 389 g/mol. The van der Waals surface area contributed by atoms with Crippen LogP contribution in [-0.2, 0) is 4.79 Å².